The number of hydrogen-bond donors (Lipinski definition) is 1. The standard InChI is InChI=1S/C23H18FNO3/c24-20-8-4-1-5-15(20)11-12-25-13-19-21(27-14-25)10-9-17-16-6-2-3-7-18(16)23(26)28-22(17)19/h1-10H,11-14H2/p+1. The molecule has 4 aromatic rings. The van der Waals surface area contributed by atoms with E-state index in [2.05, 4.69) is 0 Å². The summed E-state index contributed by atoms with van der Waals surface area (Å²) in [5.74, 6) is 0.573. The average Bonchev–Trinajstić information content (AvgIpc) is 2.73. The van der Waals surface area contributed by atoms with Crippen molar-refractivity contribution in [2.45, 2.75) is 13.0 Å². The van der Waals surface area contributed by atoms with Crippen LogP contribution in [-0.2, 0) is 13.0 Å². The largest absolute Gasteiger partial charge is 0.445 e. The van der Waals surface area contributed by atoms with Crippen LogP contribution < -0.4 is 15.3 Å². The maximum atomic E-state index is 13.9. The Hall–Kier alpha value is -3.18. The number of fused-ring (bicyclic) bond motifs is 5. The third-order valence-electron chi connectivity index (χ3n) is 5.41. The predicted octanol–water partition coefficient (Wildman–Crippen LogP) is 3.06. The van der Waals surface area contributed by atoms with Crippen LogP contribution in [0.2, 0.25) is 0 Å². The van der Waals surface area contributed by atoms with Gasteiger partial charge in [-0.15, -0.1) is 0 Å². The van der Waals surface area contributed by atoms with Crippen molar-refractivity contribution in [3.05, 3.63) is 88.0 Å². The Kier molecular flexibility index (Phi) is 4.10. The van der Waals surface area contributed by atoms with E-state index in [0.29, 0.717) is 36.2 Å². The van der Waals surface area contributed by atoms with Crippen LogP contribution in [0, 0.1) is 5.82 Å². The van der Waals surface area contributed by atoms with Gasteiger partial charge < -0.3 is 9.15 Å². The summed E-state index contributed by atoms with van der Waals surface area (Å²) in [7, 11) is 0. The number of quaternary nitrogens is 1. The molecule has 140 valence electrons. The van der Waals surface area contributed by atoms with Crippen molar-refractivity contribution in [1.29, 1.82) is 0 Å². The molecule has 5 rings (SSSR count). The molecule has 1 aromatic heterocycles. The molecule has 0 bridgehead atoms. The van der Waals surface area contributed by atoms with E-state index in [9.17, 15) is 9.18 Å². The van der Waals surface area contributed by atoms with Crippen molar-refractivity contribution in [2.24, 2.45) is 0 Å². The highest BCUT2D eigenvalue weighted by Gasteiger charge is 2.25. The molecular weight excluding hydrogens is 357 g/mol. The predicted molar refractivity (Wildman–Crippen MR) is 105 cm³/mol. The van der Waals surface area contributed by atoms with E-state index in [1.807, 2.05) is 42.5 Å². The van der Waals surface area contributed by atoms with Gasteiger partial charge in [-0.25, -0.2) is 9.18 Å². The number of nitrogens with one attached hydrogen (secondary N) is 1. The first-order chi connectivity index (χ1) is 13.7. The van der Waals surface area contributed by atoms with E-state index in [1.54, 1.807) is 12.1 Å². The summed E-state index contributed by atoms with van der Waals surface area (Å²) in [5.41, 5.74) is 1.85. The van der Waals surface area contributed by atoms with E-state index < -0.39 is 0 Å². The fraction of sp³-hybridized carbons (Fsp3) is 0.174. The Bertz CT molecular complexity index is 1250. The molecule has 0 spiro atoms. The van der Waals surface area contributed by atoms with Gasteiger partial charge in [0.2, 0.25) is 6.73 Å². The highest BCUT2D eigenvalue weighted by atomic mass is 19.1. The molecule has 28 heavy (non-hydrogen) atoms. The van der Waals surface area contributed by atoms with Crippen LogP contribution in [0.3, 0.4) is 0 Å². The number of hydrogen-bond acceptors (Lipinski definition) is 3. The van der Waals surface area contributed by atoms with Crippen LogP contribution in [-0.4, -0.2) is 13.3 Å². The lowest BCUT2D eigenvalue weighted by atomic mass is 10.0. The van der Waals surface area contributed by atoms with E-state index in [1.165, 1.54) is 11.0 Å². The molecule has 4 nitrogen and oxygen atoms in total. The van der Waals surface area contributed by atoms with Crippen molar-refractivity contribution in [1.82, 2.24) is 0 Å². The number of rotatable bonds is 3. The van der Waals surface area contributed by atoms with Crippen LogP contribution in [0.15, 0.2) is 69.9 Å². The second-order valence-corrected chi connectivity index (χ2v) is 7.16. The first-order valence-corrected chi connectivity index (χ1v) is 9.38. The Morgan fingerprint density at radius 2 is 1.71 bits per heavy atom. The van der Waals surface area contributed by atoms with Gasteiger partial charge in [0.1, 0.15) is 18.1 Å². The van der Waals surface area contributed by atoms with Gasteiger partial charge in [0, 0.05) is 11.8 Å². The molecule has 1 atom stereocenters. The van der Waals surface area contributed by atoms with Gasteiger partial charge in [-0.1, -0.05) is 36.4 Å². The Labute approximate surface area is 160 Å². The molecule has 0 amide bonds. The minimum absolute atomic E-state index is 0.178. The zero-order valence-electron chi connectivity index (χ0n) is 15.2. The summed E-state index contributed by atoms with van der Waals surface area (Å²) in [4.78, 5) is 13.6. The normalized spacial score (nSPS) is 16.1. The molecule has 0 saturated carbocycles. The van der Waals surface area contributed by atoms with Gasteiger partial charge in [0.05, 0.1) is 17.5 Å². The fourth-order valence-corrected chi connectivity index (χ4v) is 3.94. The minimum atomic E-state index is -0.338. The van der Waals surface area contributed by atoms with Crippen LogP contribution in [0.4, 0.5) is 4.39 Å². The summed E-state index contributed by atoms with van der Waals surface area (Å²) < 4.78 is 25.5. The lowest BCUT2D eigenvalue weighted by Gasteiger charge is -2.26. The van der Waals surface area contributed by atoms with Crippen LogP contribution >= 0.6 is 0 Å². The molecule has 1 aliphatic rings. The molecule has 0 aliphatic carbocycles. The van der Waals surface area contributed by atoms with Gasteiger partial charge in [-0.3, -0.25) is 4.90 Å². The molecule has 5 heteroatoms. The highest BCUT2D eigenvalue weighted by Crippen LogP contribution is 2.31. The van der Waals surface area contributed by atoms with Gasteiger partial charge in [0.25, 0.3) is 0 Å². The fourth-order valence-electron chi connectivity index (χ4n) is 3.94. The van der Waals surface area contributed by atoms with Crippen LogP contribution in [0.1, 0.15) is 11.1 Å². The summed E-state index contributed by atoms with van der Waals surface area (Å²) in [6.07, 6.45) is 0.623. The molecule has 3 aromatic carbocycles. The van der Waals surface area contributed by atoms with Crippen LogP contribution in [0.5, 0.6) is 5.75 Å². The summed E-state index contributed by atoms with van der Waals surface area (Å²) in [6.45, 7) is 1.90. The second-order valence-electron chi connectivity index (χ2n) is 7.16. The third-order valence-corrected chi connectivity index (χ3v) is 5.41. The highest BCUT2D eigenvalue weighted by molar-refractivity contribution is 6.05. The molecule has 2 heterocycles. The molecule has 1 unspecified atom stereocenters. The number of halogens is 1. The van der Waals surface area contributed by atoms with E-state index in [4.69, 9.17) is 9.15 Å². The first kappa shape index (κ1) is 17.0. The smallest absolute Gasteiger partial charge is 0.344 e. The van der Waals surface area contributed by atoms with E-state index >= 15 is 0 Å². The molecular formula is C23H19FNO3+. The summed E-state index contributed by atoms with van der Waals surface area (Å²) in [5, 5.41) is 2.37. The third kappa shape index (κ3) is 2.84. The average molecular weight is 376 g/mol. The van der Waals surface area contributed by atoms with Crippen molar-refractivity contribution in [3.8, 4) is 5.75 Å². The lowest BCUT2D eigenvalue weighted by molar-refractivity contribution is -0.932. The topological polar surface area (TPSA) is 43.9 Å². The van der Waals surface area contributed by atoms with Gasteiger partial charge >= 0.3 is 5.63 Å². The van der Waals surface area contributed by atoms with Crippen LogP contribution in [0.25, 0.3) is 21.7 Å². The zero-order chi connectivity index (χ0) is 19.1. The number of benzene rings is 3. The summed E-state index contributed by atoms with van der Waals surface area (Å²) in [6, 6.07) is 18.2. The first-order valence-electron chi connectivity index (χ1n) is 9.38. The maximum absolute atomic E-state index is 13.9. The quantitative estimate of drug-likeness (QED) is 0.442. The lowest BCUT2D eigenvalue weighted by Crippen LogP contribution is -3.12. The van der Waals surface area contributed by atoms with Crippen molar-refractivity contribution < 1.29 is 18.4 Å². The van der Waals surface area contributed by atoms with Crippen molar-refractivity contribution >= 4 is 21.7 Å². The van der Waals surface area contributed by atoms with Gasteiger partial charge in [-0.2, -0.15) is 0 Å². The van der Waals surface area contributed by atoms with Crippen molar-refractivity contribution in [2.75, 3.05) is 13.3 Å². The molecule has 1 aliphatic heterocycles. The van der Waals surface area contributed by atoms with Gasteiger partial charge in [-0.05, 0) is 35.2 Å². The molecule has 1 N–H and O–H groups in total. The minimum Gasteiger partial charge on any atom is -0.445 e. The maximum Gasteiger partial charge on any atom is 0.344 e. The molecule has 0 radical (unpaired) electrons. The number of ether oxygens (including phenoxy) is 1. The molecule has 0 fully saturated rings. The molecule has 0 saturated heterocycles. The Balaban J connectivity index is 1.50. The Morgan fingerprint density at radius 1 is 0.929 bits per heavy atom. The monoisotopic (exact) mass is 376 g/mol. The SMILES string of the molecule is O=c1oc2c3c(ccc2c2ccccc12)OC[NH+](CCc1ccccc1F)C3. The summed E-state index contributed by atoms with van der Waals surface area (Å²) >= 11 is 0. The second kappa shape index (κ2) is 6.77. The zero-order valence-corrected chi connectivity index (χ0v) is 15.2. The Morgan fingerprint density at radius 3 is 2.57 bits per heavy atom. The van der Waals surface area contributed by atoms with E-state index in [-0.39, 0.29) is 11.4 Å². The van der Waals surface area contributed by atoms with E-state index in [0.717, 1.165) is 28.6 Å². The van der Waals surface area contributed by atoms with Crippen molar-refractivity contribution in [3.63, 3.8) is 0 Å². The van der Waals surface area contributed by atoms with Gasteiger partial charge in [0.15, 0.2) is 5.58 Å².